The summed E-state index contributed by atoms with van der Waals surface area (Å²) in [6.07, 6.45) is 1.89. The summed E-state index contributed by atoms with van der Waals surface area (Å²) in [6.45, 7) is 5.06. The van der Waals surface area contributed by atoms with Gasteiger partial charge in [0, 0.05) is 12.1 Å². The number of aryl methyl sites for hydroxylation is 2. The molecule has 0 aliphatic heterocycles. The minimum absolute atomic E-state index is 0.808. The number of hydrogen-bond donors (Lipinski definition) is 2. The average molecular weight is 215 g/mol. The SMILES string of the molecule is CNCc1[nH]ncc1-c1ccc(C)cc1C. The maximum Gasteiger partial charge on any atom is 0.0569 e. The van der Waals surface area contributed by atoms with Crippen LogP contribution in [-0.2, 0) is 6.54 Å². The highest BCUT2D eigenvalue weighted by Gasteiger charge is 2.08. The van der Waals surface area contributed by atoms with E-state index in [2.05, 4.69) is 47.6 Å². The van der Waals surface area contributed by atoms with Crippen LogP contribution in [0.1, 0.15) is 16.8 Å². The summed E-state index contributed by atoms with van der Waals surface area (Å²) in [5, 5.41) is 10.3. The van der Waals surface area contributed by atoms with Crippen LogP contribution in [0.15, 0.2) is 24.4 Å². The number of rotatable bonds is 3. The fourth-order valence-corrected chi connectivity index (χ4v) is 1.97. The molecule has 0 radical (unpaired) electrons. The van der Waals surface area contributed by atoms with Crippen molar-refractivity contribution in [2.75, 3.05) is 7.05 Å². The van der Waals surface area contributed by atoms with Gasteiger partial charge < -0.3 is 5.32 Å². The van der Waals surface area contributed by atoms with Crippen LogP contribution in [0, 0.1) is 13.8 Å². The molecule has 3 heteroatoms. The lowest BCUT2D eigenvalue weighted by Crippen LogP contribution is -2.06. The van der Waals surface area contributed by atoms with Crippen LogP contribution < -0.4 is 5.32 Å². The van der Waals surface area contributed by atoms with Crippen molar-refractivity contribution in [2.24, 2.45) is 0 Å². The van der Waals surface area contributed by atoms with Crippen LogP contribution in [0.4, 0.5) is 0 Å². The molecular weight excluding hydrogens is 198 g/mol. The normalized spacial score (nSPS) is 10.7. The Balaban J connectivity index is 2.46. The van der Waals surface area contributed by atoms with E-state index in [1.54, 1.807) is 0 Å². The Hall–Kier alpha value is -1.61. The van der Waals surface area contributed by atoms with E-state index in [-0.39, 0.29) is 0 Å². The van der Waals surface area contributed by atoms with Gasteiger partial charge in [-0.3, -0.25) is 5.10 Å². The molecule has 2 N–H and O–H groups in total. The maximum atomic E-state index is 4.12. The quantitative estimate of drug-likeness (QED) is 0.825. The zero-order valence-corrected chi connectivity index (χ0v) is 9.96. The molecule has 2 aromatic rings. The van der Waals surface area contributed by atoms with Crippen molar-refractivity contribution in [3.63, 3.8) is 0 Å². The van der Waals surface area contributed by atoms with Crippen molar-refractivity contribution in [3.8, 4) is 11.1 Å². The van der Waals surface area contributed by atoms with E-state index < -0.39 is 0 Å². The molecule has 0 saturated carbocycles. The first-order valence-corrected chi connectivity index (χ1v) is 5.47. The Morgan fingerprint density at radius 2 is 2.06 bits per heavy atom. The first-order valence-electron chi connectivity index (χ1n) is 5.47. The van der Waals surface area contributed by atoms with Crippen molar-refractivity contribution in [1.82, 2.24) is 15.5 Å². The third kappa shape index (κ3) is 1.99. The summed E-state index contributed by atoms with van der Waals surface area (Å²) in [4.78, 5) is 0. The van der Waals surface area contributed by atoms with Crippen LogP contribution in [0.25, 0.3) is 11.1 Å². The summed E-state index contributed by atoms with van der Waals surface area (Å²) in [7, 11) is 1.94. The Labute approximate surface area is 95.9 Å². The molecule has 16 heavy (non-hydrogen) atoms. The topological polar surface area (TPSA) is 40.7 Å². The number of nitrogens with zero attached hydrogens (tertiary/aromatic N) is 1. The smallest absolute Gasteiger partial charge is 0.0569 e. The van der Waals surface area contributed by atoms with E-state index in [4.69, 9.17) is 0 Å². The highest BCUT2D eigenvalue weighted by Crippen LogP contribution is 2.26. The molecule has 2 rings (SSSR count). The van der Waals surface area contributed by atoms with E-state index in [1.165, 1.54) is 22.3 Å². The minimum atomic E-state index is 0.808. The largest absolute Gasteiger partial charge is 0.314 e. The van der Waals surface area contributed by atoms with Crippen molar-refractivity contribution < 1.29 is 0 Å². The fraction of sp³-hybridized carbons (Fsp3) is 0.308. The lowest BCUT2D eigenvalue weighted by atomic mass is 9.99. The van der Waals surface area contributed by atoms with Crippen LogP contribution >= 0.6 is 0 Å². The van der Waals surface area contributed by atoms with Gasteiger partial charge in [-0.2, -0.15) is 5.10 Å². The molecule has 0 atom stereocenters. The van der Waals surface area contributed by atoms with Crippen molar-refractivity contribution in [1.29, 1.82) is 0 Å². The zero-order chi connectivity index (χ0) is 11.5. The highest BCUT2D eigenvalue weighted by atomic mass is 15.1. The maximum absolute atomic E-state index is 4.12. The molecule has 0 unspecified atom stereocenters. The van der Waals surface area contributed by atoms with E-state index in [0.29, 0.717) is 0 Å². The Kier molecular flexibility index (Phi) is 3.06. The average Bonchev–Trinajstić information content (AvgIpc) is 2.67. The lowest BCUT2D eigenvalue weighted by molar-refractivity contribution is 0.785. The van der Waals surface area contributed by atoms with Gasteiger partial charge in [0.1, 0.15) is 0 Å². The standard InChI is InChI=1S/C13H17N3/c1-9-4-5-11(10(2)6-9)12-7-15-16-13(12)8-14-3/h4-7,14H,8H2,1-3H3,(H,15,16). The number of aromatic amines is 1. The van der Waals surface area contributed by atoms with Crippen LogP contribution in [0.2, 0.25) is 0 Å². The third-order valence-electron chi connectivity index (χ3n) is 2.74. The predicted octanol–water partition coefficient (Wildman–Crippen LogP) is 2.41. The number of nitrogens with one attached hydrogen (secondary N) is 2. The molecule has 0 saturated heterocycles. The highest BCUT2D eigenvalue weighted by molar-refractivity contribution is 5.69. The monoisotopic (exact) mass is 215 g/mol. The third-order valence-corrected chi connectivity index (χ3v) is 2.74. The van der Waals surface area contributed by atoms with Gasteiger partial charge in [-0.1, -0.05) is 23.8 Å². The lowest BCUT2D eigenvalue weighted by Gasteiger charge is -2.07. The molecule has 0 aliphatic carbocycles. The van der Waals surface area contributed by atoms with Crippen molar-refractivity contribution in [3.05, 3.63) is 41.2 Å². The number of hydrogen-bond acceptors (Lipinski definition) is 2. The molecule has 0 aliphatic rings. The van der Waals surface area contributed by atoms with Gasteiger partial charge in [0.2, 0.25) is 0 Å². The molecule has 1 aromatic heterocycles. The number of benzene rings is 1. The summed E-state index contributed by atoms with van der Waals surface area (Å²) < 4.78 is 0. The van der Waals surface area contributed by atoms with Gasteiger partial charge in [-0.25, -0.2) is 0 Å². The zero-order valence-electron chi connectivity index (χ0n) is 9.96. The second-order valence-corrected chi connectivity index (χ2v) is 4.11. The summed E-state index contributed by atoms with van der Waals surface area (Å²) in [5.74, 6) is 0. The van der Waals surface area contributed by atoms with E-state index in [1.807, 2.05) is 13.2 Å². The van der Waals surface area contributed by atoms with Gasteiger partial charge in [0.05, 0.1) is 11.9 Å². The first-order chi connectivity index (χ1) is 7.72. The fourth-order valence-electron chi connectivity index (χ4n) is 1.97. The number of H-pyrrole nitrogens is 1. The minimum Gasteiger partial charge on any atom is -0.314 e. The molecule has 84 valence electrons. The van der Waals surface area contributed by atoms with Crippen molar-refractivity contribution in [2.45, 2.75) is 20.4 Å². The molecule has 1 aromatic carbocycles. The van der Waals surface area contributed by atoms with Gasteiger partial charge in [-0.05, 0) is 32.0 Å². The van der Waals surface area contributed by atoms with Gasteiger partial charge in [0.15, 0.2) is 0 Å². The first kappa shape index (κ1) is 10.9. The summed E-state index contributed by atoms with van der Waals surface area (Å²) in [6, 6.07) is 6.50. The summed E-state index contributed by atoms with van der Waals surface area (Å²) in [5.41, 5.74) is 6.16. The van der Waals surface area contributed by atoms with E-state index in [9.17, 15) is 0 Å². The number of aromatic nitrogens is 2. The molecular formula is C13H17N3. The molecule has 0 bridgehead atoms. The van der Waals surface area contributed by atoms with E-state index in [0.717, 1.165) is 12.2 Å². The van der Waals surface area contributed by atoms with Crippen LogP contribution in [-0.4, -0.2) is 17.2 Å². The molecule has 1 heterocycles. The second kappa shape index (κ2) is 4.49. The van der Waals surface area contributed by atoms with Gasteiger partial charge in [0.25, 0.3) is 0 Å². The molecule has 3 nitrogen and oxygen atoms in total. The summed E-state index contributed by atoms with van der Waals surface area (Å²) >= 11 is 0. The Morgan fingerprint density at radius 3 is 2.75 bits per heavy atom. The molecule has 0 spiro atoms. The van der Waals surface area contributed by atoms with Crippen LogP contribution in [0.5, 0.6) is 0 Å². The Bertz CT molecular complexity index is 486. The van der Waals surface area contributed by atoms with Crippen molar-refractivity contribution >= 4 is 0 Å². The van der Waals surface area contributed by atoms with Gasteiger partial charge in [-0.15, -0.1) is 0 Å². The Morgan fingerprint density at radius 1 is 1.25 bits per heavy atom. The molecule has 0 amide bonds. The predicted molar refractivity (Wildman–Crippen MR) is 66.3 cm³/mol. The van der Waals surface area contributed by atoms with Crippen LogP contribution in [0.3, 0.4) is 0 Å². The van der Waals surface area contributed by atoms with Gasteiger partial charge >= 0.3 is 0 Å². The van der Waals surface area contributed by atoms with E-state index >= 15 is 0 Å². The molecule has 0 fully saturated rings. The second-order valence-electron chi connectivity index (χ2n) is 4.11.